The van der Waals surface area contributed by atoms with E-state index in [4.69, 9.17) is 5.11 Å². The highest BCUT2D eigenvalue weighted by Crippen LogP contribution is 2.15. The molecule has 0 aliphatic carbocycles. The first-order chi connectivity index (χ1) is 7.95. The Kier molecular flexibility index (Phi) is 4.28. The predicted molar refractivity (Wildman–Crippen MR) is 61.3 cm³/mol. The predicted octanol–water partition coefficient (Wildman–Crippen LogP) is 0.895. The third-order valence-corrected chi connectivity index (χ3v) is 3.65. The van der Waals surface area contributed by atoms with Gasteiger partial charge in [0, 0.05) is 6.08 Å². The monoisotopic (exact) mass is 256 g/mol. The maximum absolute atomic E-state index is 11.7. The Morgan fingerprint density at radius 1 is 1.35 bits per heavy atom. The Bertz CT molecular complexity index is 501. The van der Waals surface area contributed by atoms with Crippen molar-refractivity contribution >= 4 is 15.8 Å². The Hall–Kier alpha value is -1.82. The highest BCUT2D eigenvalue weighted by atomic mass is 32.2. The summed E-state index contributed by atoms with van der Waals surface area (Å²) >= 11 is 0. The molecule has 17 heavy (non-hydrogen) atoms. The molecule has 92 valence electrons. The molecule has 0 spiro atoms. The number of hydrogen-bond acceptors (Lipinski definition) is 5. The van der Waals surface area contributed by atoms with Gasteiger partial charge in [-0.1, -0.05) is 6.58 Å². The molecule has 5 nitrogen and oxygen atoms in total. The second-order valence-electron chi connectivity index (χ2n) is 3.18. The number of hydrogen-bond donors (Lipinski definition) is 1. The van der Waals surface area contributed by atoms with Gasteiger partial charge in [0.1, 0.15) is 12.4 Å². The summed E-state index contributed by atoms with van der Waals surface area (Å²) in [6, 6.07) is 5.14. The van der Waals surface area contributed by atoms with Gasteiger partial charge in [-0.15, -0.1) is 0 Å². The third kappa shape index (κ3) is 3.92. The van der Waals surface area contributed by atoms with Crippen molar-refractivity contribution in [3.63, 3.8) is 0 Å². The van der Waals surface area contributed by atoms with Crippen molar-refractivity contribution in [1.29, 1.82) is 0 Å². The Morgan fingerprint density at radius 3 is 2.47 bits per heavy atom. The second-order valence-corrected chi connectivity index (χ2v) is 5.29. The second kappa shape index (κ2) is 5.49. The smallest absolute Gasteiger partial charge is 0.330 e. The van der Waals surface area contributed by atoms with Crippen molar-refractivity contribution in [3.05, 3.63) is 36.9 Å². The molecule has 0 radical (unpaired) electrons. The van der Waals surface area contributed by atoms with Crippen molar-refractivity contribution in [2.45, 2.75) is 4.90 Å². The molecule has 0 fully saturated rings. The van der Waals surface area contributed by atoms with E-state index in [1.807, 2.05) is 0 Å². The fourth-order valence-corrected chi connectivity index (χ4v) is 2.17. The Morgan fingerprint density at radius 2 is 1.94 bits per heavy atom. The quantitative estimate of drug-likeness (QED) is 0.625. The summed E-state index contributed by atoms with van der Waals surface area (Å²) in [6.45, 7) is 2.96. The maximum atomic E-state index is 11.7. The minimum Gasteiger partial charge on any atom is -0.508 e. The molecular formula is C11H12O5S. The van der Waals surface area contributed by atoms with E-state index in [0.29, 0.717) is 0 Å². The van der Waals surface area contributed by atoms with Gasteiger partial charge in [-0.3, -0.25) is 0 Å². The third-order valence-electron chi connectivity index (χ3n) is 1.96. The molecule has 0 atom stereocenters. The highest BCUT2D eigenvalue weighted by molar-refractivity contribution is 7.91. The molecule has 0 saturated heterocycles. The molecule has 1 N–H and O–H groups in total. The first-order valence-electron chi connectivity index (χ1n) is 4.76. The topological polar surface area (TPSA) is 80.7 Å². The van der Waals surface area contributed by atoms with Crippen LogP contribution in [0.5, 0.6) is 5.75 Å². The number of ether oxygens (including phenoxy) is 1. The van der Waals surface area contributed by atoms with E-state index in [9.17, 15) is 13.2 Å². The van der Waals surface area contributed by atoms with E-state index in [1.165, 1.54) is 24.3 Å². The zero-order chi connectivity index (χ0) is 12.9. The first kappa shape index (κ1) is 13.2. The average molecular weight is 256 g/mol. The SMILES string of the molecule is C=CC(=O)OCCS(=O)(=O)c1ccc(O)cc1. The van der Waals surface area contributed by atoms with Crippen molar-refractivity contribution in [1.82, 2.24) is 0 Å². The van der Waals surface area contributed by atoms with Crippen molar-refractivity contribution in [2.24, 2.45) is 0 Å². The van der Waals surface area contributed by atoms with Crippen molar-refractivity contribution in [3.8, 4) is 5.75 Å². The van der Waals surface area contributed by atoms with Crippen molar-refractivity contribution in [2.75, 3.05) is 12.4 Å². The van der Waals surface area contributed by atoms with Crippen LogP contribution in [0.3, 0.4) is 0 Å². The lowest BCUT2D eigenvalue weighted by atomic mass is 10.3. The molecule has 1 rings (SSSR count). The summed E-state index contributed by atoms with van der Waals surface area (Å²) in [5.74, 6) is -0.981. The number of benzene rings is 1. The number of carbonyl (C=O) groups is 1. The molecule has 1 aromatic rings. The van der Waals surface area contributed by atoms with Crippen LogP contribution in [0.1, 0.15) is 0 Å². The van der Waals surface area contributed by atoms with Crippen LogP contribution in [-0.4, -0.2) is 31.9 Å². The van der Waals surface area contributed by atoms with Crippen LogP contribution in [0.4, 0.5) is 0 Å². The molecule has 0 amide bonds. The number of aromatic hydroxyl groups is 1. The fraction of sp³-hybridized carbons (Fsp3) is 0.182. The molecule has 1 aromatic carbocycles. The van der Waals surface area contributed by atoms with E-state index >= 15 is 0 Å². The zero-order valence-corrected chi connectivity index (χ0v) is 9.81. The van der Waals surface area contributed by atoms with Gasteiger partial charge < -0.3 is 9.84 Å². The van der Waals surface area contributed by atoms with Gasteiger partial charge >= 0.3 is 5.97 Å². The van der Waals surface area contributed by atoms with Crippen LogP contribution in [0.2, 0.25) is 0 Å². The van der Waals surface area contributed by atoms with Crippen LogP contribution in [-0.2, 0) is 19.4 Å². The average Bonchev–Trinajstić information content (AvgIpc) is 2.29. The van der Waals surface area contributed by atoms with Crippen LogP contribution in [0.15, 0.2) is 41.8 Å². The van der Waals surface area contributed by atoms with E-state index < -0.39 is 15.8 Å². The van der Waals surface area contributed by atoms with Crippen LogP contribution < -0.4 is 0 Å². The molecule has 0 aromatic heterocycles. The number of rotatable bonds is 5. The number of phenolic OH excluding ortho intramolecular Hbond substituents is 1. The van der Waals surface area contributed by atoms with E-state index in [0.717, 1.165) is 6.08 Å². The fourth-order valence-electron chi connectivity index (χ4n) is 1.08. The summed E-state index contributed by atoms with van der Waals surface area (Å²) in [7, 11) is -3.50. The van der Waals surface area contributed by atoms with E-state index in [-0.39, 0.29) is 23.0 Å². The van der Waals surface area contributed by atoms with Crippen LogP contribution in [0.25, 0.3) is 0 Å². The van der Waals surface area contributed by atoms with Gasteiger partial charge in [0.05, 0.1) is 10.6 Å². The lowest BCUT2D eigenvalue weighted by Gasteiger charge is -2.04. The number of sulfone groups is 1. The van der Waals surface area contributed by atoms with Crippen LogP contribution >= 0.6 is 0 Å². The van der Waals surface area contributed by atoms with E-state index in [2.05, 4.69) is 11.3 Å². The normalized spacial score (nSPS) is 10.8. The molecule has 0 saturated carbocycles. The zero-order valence-electron chi connectivity index (χ0n) is 9.00. The van der Waals surface area contributed by atoms with Gasteiger partial charge in [0.15, 0.2) is 9.84 Å². The largest absolute Gasteiger partial charge is 0.508 e. The summed E-state index contributed by atoms with van der Waals surface area (Å²) in [5, 5.41) is 9.03. The van der Waals surface area contributed by atoms with Gasteiger partial charge in [-0.25, -0.2) is 13.2 Å². The minimum absolute atomic E-state index is 0.0120. The molecule has 0 heterocycles. The number of carbonyl (C=O) groups excluding carboxylic acids is 1. The number of phenols is 1. The molecule has 0 bridgehead atoms. The molecule has 6 heteroatoms. The summed E-state index contributed by atoms with van der Waals surface area (Å²) in [4.78, 5) is 10.8. The lowest BCUT2D eigenvalue weighted by molar-refractivity contribution is -0.137. The summed E-state index contributed by atoms with van der Waals surface area (Å²) in [6.07, 6.45) is 0.965. The molecule has 0 aliphatic heterocycles. The number of esters is 1. The van der Waals surface area contributed by atoms with Gasteiger partial charge in [0.25, 0.3) is 0 Å². The first-order valence-corrected chi connectivity index (χ1v) is 6.42. The standard InChI is InChI=1S/C11H12O5S/c1-2-11(13)16-7-8-17(14,15)10-5-3-9(12)4-6-10/h2-6,12H,1,7-8H2. The highest BCUT2D eigenvalue weighted by Gasteiger charge is 2.14. The Labute approximate surface area is 99.3 Å². The van der Waals surface area contributed by atoms with E-state index in [1.54, 1.807) is 0 Å². The minimum atomic E-state index is -3.50. The summed E-state index contributed by atoms with van der Waals surface area (Å²) in [5.41, 5.74) is 0. The lowest BCUT2D eigenvalue weighted by Crippen LogP contribution is -2.14. The van der Waals surface area contributed by atoms with Gasteiger partial charge in [0.2, 0.25) is 0 Å². The van der Waals surface area contributed by atoms with Gasteiger partial charge in [-0.2, -0.15) is 0 Å². The summed E-state index contributed by atoms with van der Waals surface area (Å²) < 4.78 is 28.0. The Balaban J connectivity index is 2.66. The van der Waals surface area contributed by atoms with Crippen molar-refractivity contribution < 1.29 is 23.1 Å². The van der Waals surface area contributed by atoms with Gasteiger partial charge in [-0.05, 0) is 24.3 Å². The maximum Gasteiger partial charge on any atom is 0.330 e. The molecule has 0 unspecified atom stereocenters. The van der Waals surface area contributed by atoms with Crippen LogP contribution in [0, 0.1) is 0 Å². The molecular weight excluding hydrogens is 244 g/mol. The molecule has 0 aliphatic rings.